The lowest BCUT2D eigenvalue weighted by atomic mass is 9.82. The maximum atomic E-state index is 6.77. The molecule has 0 radical (unpaired) electrons. The van der Waals surface area contributed by atoms with Crippen molar-refractivity contribution in [1.82, 2.24) is 0 Å². The highest BCUT2D eigenvalue weighted by Crippen LogP contribution is 2.45. The van der Waals surface area contributed by atoms with E-state index in [9.17, 15) is 0 Å². The molecule has 0 atom stereocenters. The number of unbranched alkanes of at least 4 members (excludes halogenated alkanes) is 20. The number of aryl methyl sites for hydroxylation is 2. The molecule has 0 aromatic heterocycles. The van der Waals surface area contributed by atoms with Crippen molar-refractivity contribution in [1.29, 1.82) is 0 Å². The van der Waals surface area contributed by atoms with Gasteiger partial charge in [-0.3, -0.25) is 0 Å². The summed E-state index contributed by atoms with van der Waals surface area (Å²) in [6.45, 7) is 24.2. The van der Waals surface area contributed by atoms with Crippen LogP contribution < -0.4 is 4.52 Å². The van der Waals surface area contributed by atoms with E-state index >= 15 is 0 Å². The minimum Gasteiger partial charge on any atom is -0.426 e. The van der Waals surface area contributed by atoms with E-state index in [-0.39, 0.29) is 10.8 Å². The fourth-order valence-electron chi connectivity index (χ4n) is 7.09. The molecule has 0 bridgehead atoms. The molecule has 2 aromatic rings. The van der Waals surface area contributed by atoms with Gasteiger partial charge in [-0.1, -0.05) is 208 Å². The van der Waals surface area contributed by atoms with E-state index in [0.29, 0.717) is 13.2 Å². The van der Waals surface area contributed by atoms with Crippen LogP contribution in [0.3, 0.4) is 0 Å². The summed E-state index contributed by atoms with van der Waals surface area (Å²) < 4.78 is 19.7. The Morgan fingerprint density at radius 1 is 0.472 bits per heavy atom. The molecule has 3 nitrogen and oxygen atoms in total. The van der Waals surface area contributed by atoms with Gasteiger partial charge in [0.25, 0.3) is 0 Å². The van der Waals surface area contributed by atoms with Crippen LogP contribution in [-0.2, 0) is 26.3 Å². The fraction of sp³-hybridized carbons (Fsp3) is 0.755. The van der Waals surface area contributed by atoms with Crippen LogP contribution in [0.5, 0.6) is 5.75 Å². The molecule has 0 heterocycles. The third-order valence-corrected chi connectivity index (χ3v) is 12.0. The Bertz CT molecular complexity index is 1200. The van der Waals surface area contributed by atoms with E-state index in [2.05, 4.69) is 99.6 Å². The molecule has 0 amide bonds. The lowest BCUT2D eigenvalue weighted by molar-refractivity contribution is 0.197. The van der Waals surface area contributed by atoms with Gasteiger partial charge in [-0.25, -0.2) is 0 Å². The number of rotatable bonds is 30. The van der Waals surface area contributed by atoms with Crippen LogP contribution >= 0.6 is 8.60 Å². The number of benzene rings is 2. The average Bonchev–Trinajstić information content (AvgIpc) is 3.10. The second-order valence-electron chi connectivity index (χ2n) is 18.1. The summed E-state index contributed by atoms with van der Waals surface area (Å²) in [4.78, 5) is 0. The lowest BCUT2D eigenvalue weighted by Crippen LogP contribution is -2.15. The molecule has 0 N–H and O–H groups in total. The fourth-order valence-corrected chi connectivity index (χ4v) is 8.14. The van der Waals surface area contributed by atoms with Crippen LogP contribution in [0.25, 0.3) is 0 Å². The Morgan fingerprint density at radius 3 is 1.30 bits per heavy atom. The first-order valence-electron chi connectivity index (χ1n) is 22.3. The summed E-state index contributed by atoms with van der Waals surface area (Å²) in [6.07, 6.45) is 30.2. The first-order valence-corrected chi connectivity index (χ1v) is 23.4. The predicted octanol–water partition coefficient (Wildman–Crippen LogP) is 16.8. The van der Waals surface area contributed by atoms with Crippen LogP contribution in [0.1, 0.15) is 230 Å². The van der Waals surface area contributed by atoms with Crippen LogP contribution in [0, 0.1) is 13.8 Å². The SMILES string of the molecule is CCCCCCCCCCCCCOP(OCCCCCCCCCCCCC)Oc1cc(C)c(Cc2cc(C(C)(C)C)ccc2C)cc1C(C)(C)C. The second-order valence-corrected chi connectivity index (χ2v) is 19.3. The summed E-state index contributed by atoms with van der Waals surface area (Å²) in [7, 11) is -1.47. The summed E-state index contributed by atoms with van der Waals surface area (Å²) in [5.74, 6) is 0.919. The zero-order chi connectivity index (χ0) is 39.0. The second kappa shape index (κ2) is 27.2. The van der Waals surface area contributed by atoms with Gasteiger partial charge in [0.1, 0.15) is 5.75 Å². The Morgan fingerprint density at radius 2 is 0.887 bits per heavy atom. The topological polar surface area (TPSA) is 27.7 Å². The van der Waals surface area contributed by atoms with Crippen LogP contribution in [-0.4, -0.2) is 13.2 Å². The Hall–Kier alpha value is -1.41. The average molecular weight is 753 g/mol. The Labute approximate surface area is 331 Å². The van der Waals surface area contributed by atoms with Crippen molar-refractivity contribution < 1.29 is 13.6 Å². The van der Waals surface area contributed by atoms with Crippen molar-refractivity contribution in [3.05, 3.63) is 63.7 Å². The molecular formula is C49H85O3P. The van der Waals surface area contributed by atoms with Crippen molar-refractivity contribution in [2.24, 2.45) is 0 Å². The van der Waals surface area contributed by atoms with Gasteiger partial charge in [0.05, 0.1) is 13.2 Å². The van der Waals surface area contributed by atoms with E-state index in [1.165, 1.54) is 162 Å². The molecule has 0 saturated heterocycles. The molecule has 2 aromatic carbocycles. The maximum Gasteiger partial charge on any atom is 0.397 e. The zero-order valence-corrected chi connectivity index (χ0v) is 37.6. The van der Waals surface area contributed by atoms with Crippen molar-refractivity contribution in [3.63, 3.8) is 0 Å². The quantitative estimate of drug-likeness (QED) is 0.0587. The van der Waals surface area contributed by atoms with Gasteiger partial charge in [-0.05, 0) is 77.8 Å². The summed E-state index contributed by atoms with van der Waals surface area (Å²) in [5.41, 5.74) is 8.06. The number of hydrogen-bond acceptors (Lipinski definition) is 3. The molecule has 0 aliphatic carbocycles. The Balaban J connectivity index is 2.02. The van der Waals surface area contributed by atoms with Gasteiger partial charge in [0.15, 0.2) is 0 Å². The van der Waals surface area contributed by atoms with Crippen molar-refractivity contribution in [3.8, 4) is 5.75 Å². The van der Waals surface area contributed by atoms with Gasteiger partial charge in [0.2, 0.25) is 0 Å². The normalized spacial score (nSPS) is 12.3. The molecule has 0 spiro atoms. The molecule has 0 unspecified atom stereocenters. The molecule has 53 heavy (non-hydrogen) atoms. The highest BCUT2D eigenvalue weighted by Gasteiger charge is 2.25. The minimum atomic E-state index is -1.47. The molecule has 304 valence electrons. The molecule has 0 saturated carbocycles. The summed E-state index contributed by atoms with van der Waals surface area (Å²) >= 11 is 0. The predicted molar refractivity (Wildman–Crippen MR) is 235 cm³/mol. The summed E-state index contributed by atoms with van der Waals surface area (Å²) in [5, 5.41) is 0. The van der Waals surface area contributed by atoms with E-state index in [1.807, 2.05) is 0 Å². The van der Waals surface area contributed by atoms with Gasteiger partial charge in [-0.15, -0.1) is 0 Å². The number of hydrogen-bond donors (Lipinski definition) is 0. The lowest BCUT2D eigenvalue weighted by Gasteiger charge is -2.27. The molecule has 0 aliphatic heterocycles. The molecule has 0 fully saturated rings. The smallest absolute Gasteiger partial charge is 0.397 e. The van der Waals surface area contributed by atoms with Gasteiger partial charge in [-0.2, -0.15) is 0 Å². The van der Waals surface area contributed by atoms with Crippen molar-refractivity contribution in [2.75, 3.05) is 13.2 Å². The molecular weight excluding hydrogens is 668 g/mol. The third kappa shape index (κ3) is 20.9. The molecule has 0 aliphatic rings. The van der Waals surface area contributed by atoms with Crippen LogP contribution in [0.4, 0.5) is 0 Å². The molecule has 2 rings (SSSR count). The van der Waals surface area contributed by atoms with Gasteiger partial charge in [0, 0.05) is 5.56 Å². The van der Waals surface area contributed by atoms with Gasteiger partial charge >= 0.3 is 8.60 Å². The van der Waals surface area contributed by atoms with Crippen LogP contribution in [0.15, 0.2) is 30.3 Å². The van der Waals surface area contributed by atoms with E-state index < -0.39 is 8.60 Å². The standard InChI is InChI=1S/C49H85O3P/c1-11-13-15-17-19-21-23-25-27-29-31-35-50-53(51-36-32-30-28-26-24-22-20-18-16-14-12-2)52-47-37-42(4)44(40-46(47)49(8,9)10)38-43-39-45(48(5,6)7)34-33-41(43)3/h33-34,37,39-40H,11-32,35-36,38H2,1-10H3. The van der Waals surface area contributed by atoms with Gasteiger partial charge < -0.3 is 13.6 Å². The molecule has 4 heteroatoms. The first kappa shape index (κ1) is 47.7. The van der Waals surface area contributed by atoms with E-state index in [4.69, 9.17) is 13.6 Å². The zero-order valence-electron chi connectivity index (χ0n) is 36.7. The largest absolute Gasteiger partial charge is 0.426 e. The monoisotopic (exact) mass is 753 g/mol. The maximum absolute atomic E-state index is 6.77. The minimum absolute atomic E-state index is 0.0763. The van der Waals surface area contributed by atoms with Crippen LogP contribution in [0.2, 0.25) is 0 Å². The Kier molecular flexibility index (Phi) is 24.5. The van der Waals surface area contributed by atoms with Crippen molar-refractivity contribution >= 4 is 8.60 Å². The highest BCUT2D eigenvalue weighted by atomic mass is 31.2. The third-order valence-electron chi connectivity index (χ3n) is 10.9. The summed E-state index contributed by atoms with van der Waals surface area (Å²) in [6, 6.07) is 11.7. The highest BCUT2D eigenvalue weighted by molar-refractivity contribution is 7.42. The first-order chi connectivity index (χ1) is 25.4. The van der Waals surface area contributed by atoms with Crippen molar-refractivity contribution in [2.45, 2.75) is 228 Å². The van der Waals surface area contributed by atoms with E-state index in [0.717, 1.165) is 25.0 Å². The van der Waals surface area contributed by atoms with E-state index in [1.54, 1.807) is 0 Å².